The van der Waals surface area contributed by atoms with Gasteiger partial charge in [0.05, 0.1) is 10.6 Å². The molecule has 10 nitrogen and oxygen atoms in total. The number of sulfone groups is 1. The minimum atomic E-state index is -5.99. The van der Waals surface area contributed by atoms with Crippen molar-refractivity contribution in [2.75, 3.05) is 37.7 Å². The highest BCUT2D eigenvalue weighted by molar-refractivity contribution is 7.99. The summed E-state index contributed by atoms with van der Waals surface area (Å²) in [7, 11) is -6.90. The van der Waals surface area contributed by atoms with Crippen molar-refractivity contribution >= 4 is 37.4 Å². The molecule has 1 atom stereocenters. The lowest BCUT2D eigenvalue weighted by Gasteiger charge is -2.23. The minimum Gasteiger partial charge on any atom is -0.488 e. The van der Waals surface area contributed by atoms with Crippen LogP contribution in [0.15, 0.2) is 69.5 Å². The smallest absolute Gasteiger partial charge is 0.488 e. The van der Waals surface area contributed by atoms with Crippen molar-refractivity contribution in [1.82, 2.24) is 20.2 Å². The Kier molecular flexibility index (Phi) is 10.0. The first-order valence-electron chi connectivity index (χ1n) is 12.8. The second kappa shape index (κ2) is 13.2. The molecule has 0 amide bonds. The van der Waals surface area contributed by atoms with E-state index in [1.807, 2.05) is 49.3 Å². The first kappa shape index (κ1) is 32.0. The summed E-state index contributed by atoms with van der Waals surface area (Å²) < 4.78 is 101. The maximum absolute atomic E-state index is 13.8. The fourth-order valence-electron chi connectivity index (χ4n) is 4.11. The first-order chi connectivity index (χ1) is 19.8. The Bertz CT molecular complexity index is 1610. The van der Waals surface area contributed by atoms with Crippen molar-refractivity contribution in [1.29, 1.82) is 0 Å². The van der Waals surface area contributed by atoms with Crippen LogP contribution in [-0.2, 0) is 32.8 Å². The van der Waals surface area contributed by atoms with Gasteiger partial charge in [-0.2, -0.15) is 13.2 Å². The van der Waals surface area contributed by atoms with E-state index >= 15 is 0 Å². The number of halogens is 3. The molecule has 0 saturated carbocycles. The fourth-order valence-corrected chi connectivity index (χ4v) is 7.13. The number of anilines is 1. The van der Waals surface area contributed by atoms with Crippen molar-refractivity contribution < 1.29 is 34.7 Å². The van der Waals surface area contributed by atoms with E-state index in [1.54, 1.807) is 0 Å². The molecule has 2 N–H and O–H groups in total. The molecule has 4 rings (SSSR count). The van der Waals surface area contributed by atoms with Gasteiger partial charge in [0, 0.05) is 29.3 Å². The number of hydrogen-bond acceptors (Lipinski definition) is 10. The maximum atomic E-state index is 13.8. The predicted octanol–water partition coefficient (Wildman–Crippen LogP) is 3.71. The summed E-state index contributed by atoms with van der Waals surface area (Å²) in [6.45, 7) is 1.45. The summed E-state index contributed by atoms with van der Waals surface area (Å²) in [6.07, 6.45) is 1.26. The summed E-state index contributed by atoms with van der Waals surface area (Å²) in [5, 5.41) is 3.10. The third-order valence-electron chi connectivity index (χ3n) is 6.30. The van der Waals surface area contributed by atoms with Gasteiger partial charge in [-0.3, -0.25) is 4.72 Å². The van der Waals surface area contributed by atoms with Crippen LogP contribution in [0.2, 0.25) is 0 Å². The van der Waals surface area contributed by atoms with Crippen molar-refractivity contribution in [2.45, 2.75) is 45.7 Å². The Hall–Kier alpha value is -2.92. The molecule has 42 heavy (non-hydrogen) atoms. The molecule has 2 heterocycles. The van der Waals surface area contributed by atoms with Gasteiger partial charge in [0.25, 0.3) is 19.9 Å². The van der Waals surface area contributed by atoms with Crippen LogP contribution in [0.1, 0.15) is 17.7 Å². The zero-order valence-electron chi connectivity index (χ0n) is 22.8. The van der Waals surface area contributed by atoms with Crippen LogP contribution in [0.5, 0.6) is 5.75 Å². The van der Waals surface area contributed by atoms with E-state index in [2.05, 4.69) is 20.0 Å². The molecule has 2 aromatic carbocycles. The minimum absolute atomic E-state index is 0.0243. The lowest BCUT2D eigenvalue weighted by molar-refractivity contribution is -0.0437. The van der Waals surface area contributed by atoms with Gasteiger partial charge in [-0.05, 0) is 63.8 Å². The quantitative estimate of drug-likeness (QED) is 0.281. The van der Waals surface area contributed by atoms with Crippen LogP contribution in [0, 0.1) is 0 Å². The second-order valence-corrected chi connectivity index (χ2v) is 14.4. The number of nitrogens with one attached hydrogen (secondary N) is 2. The van der Waals surface area contributed by atoms with Gasteiger partial charge in [-0.15, -0.1) is 11.8 Å². The highest BCUT2D eigenvalue weighted by Crippen LogP contribution is 2.38. The molecule has 0 radical (unpaired) electrons. The summed E-state index contributed by atoms with van der Waals surface area (Å²) in [5.74, 6) is -0.309. The average molecular weight is 646 g/mol. The van der Waals surface area contributed by atoms with E-state index in [0.717, 1.165) is 17.0 Å². The Morgan fingerprint density at radius 3 is 2.52 bits per heavy atom. The van der Waals surface area contributed by atoms with E-state index in [9.17, 15) is 30.0 Å². The van der Waals surface area contributed by atoms with Crippen LogP contribution < -0.4 is 14.8 Å². The van der Waals surface area contributed by atoms with Crippen LogP contribution in [-0.4, -0.2) is 76.3 Å². The number of sulfonamides is 1. The molecule has 0 saturated heterocycles. The number of aromatic nitrogens is 2. The molecule has 228 valence electrons. The van der Waals surface area contributed by atoms with Crippen molar-refractivity contribution in [3.05, 3.63) is 66.1 Å². The highest BCUT2D eigenvalue weighted by atomic mass is 32.2. The number of fused-ring (bicyclic) bond motifs is 1. The Labute approximate surface area is 247 Å². The summed E-state index contributed by atoms with van der Waals surface area (Å²) >= 11 is 1.40. The van der Waals surface area contributed by atoms with Crippen molar-refractivity contribution in [3.63, 3.8) is 0 Å². The van der Waals surface area contributed by atoms with Gasteiger partial charge in [-0.1, -0.05) is 18.2 Å². The number of benzene rings is 2. The third kappa shape index (κ3) is 7.72. The van der Waals surface area contributed by atoms with Crippen LogP contribution >= 0.6 is 11.8 Å². The zero-order chi connectivity index (χ0) is 30.5. The molecule has 0 unspecified atom stereocenters. The predicted molar refractivity (Wildman–Crippen MR) is 153 cm³/mol. The molecular formula is C26H30F3N5O5S3. The first-order valence-corrected chi connectivity index (χ1v) is 16.7. The van der Waals surface area contributed by atoms with Gasteiger partial charge in [-0.25, -0.2) is 26.8 Å². The number of nitrogens with zero attached hydrogens (tertiary/aromatic N) is 3. The van der Waals surface area contributed by atoms with Crippen LogP contribution in [0.25, 0.3) is 0 Å². The number of thioether (sulfide) groups is 1. The topological polar surface area (TPSA) is 131 Å². The molecule has 1 aliphatic heterocycles. The highest BCUT2D eigenvalue weighted by Gasteiger charge is 2.49. The molecule has 1 aliphatic rings. The average Bonchev–Trinajstić information content (AvgIpc) is 2.94. The lowest BCUT2D eigenvalue weighted by Crippen LogP contribution is -2.29. The number of alkyl halides is 3. The molecule has 16 heteroatoms. The van der Waals surface area contributed by atoms with E-state index in [-0.39, 0.29) is 5.82 Å². The SMILES string of the molecule is CN(C)CC[C@H](CSc1ccccc1)Oc1ccc(S(=O)(=O)Nc2ncnc3c2CCNC3)cc1S(=O)(=O)C(F)(F)F. The summed E-state index contributed by atoms with van der Waals surface area (Å²) in [6, 6.07) is 11.7. The van der Waals surface area contributed by atoms with Gasteiger partial charge < -0.3 is 15.0 Å². The van der Waals surface area contributed by atoms with E-state index in [1.165, 1.54) is 18.1 Å². The van der Waals surface area contributed by atoms with E-state index in [0.29, 0.717) is 55.6 Å². The molecule has 3 aromatic rings. The maximum Gasteiger partial charge on any atom is 0.502 e. The fraction of sp³-hybridized carbons (Fsp3) is 0.385. The van der Waals surface area contributed by atoms with Crippen LogP contribution in [0.3, 0.4) is 0 Å². The number of ether oxygens (including phenoxy) is 1. The molecule has 0 spiro atoms. The molecule has 0 bridgehead atoms. The van der Waals surface area contributed by atoms with Gasteiger partial charge in [0.15, 0.2) is 0 Å². The Morgan fingerprint density at radius 1 is 1.10 bits per heavy atom. The Balaban J connectivity index is 1.69. The number of hydrogen-bond donors (Lipinski definition) is 2. The standard InChI is InChI=1S/C26H30F3N5O5S3/c1-34(2)13-11-18(16-40-19-6-4-3-5-7-19)39-23-9-8-20(14-24(23)41(35,36)26(27,28)29)42(37,38)33-25-21-10-12-30-15-22(21)31-17-32-25/h3-9,14,17-18,30H,10-13,15-16H2,1-2H3,(H,31,32,33)/t18-/m1/s1. The second-order valence-electron chi connectivity index (χ2n) is 9.69. The monoisotopic (exact) mass is 645 g/mol. The van der Waals surface area contributed by atoms with E-state index in [4.69, 9.17) is 4.74 Å². The largest absolute Gasteiger partial charge is 0.502 e. The van der Waals surface area contributed by atoms with Crippen molar-refractivity contribution in [2.24, 2.45) is 0 Å². The normalized spacial score (nSPS) is 14.8. The zero-order valence-corrected chi connectivity index (χ0v) is 25.2. The van der Waals surface area contributed by atoms with Gasteiger partial charge in [0.1, 0.15) is 28.9 Å². The molecule has 1 aromatic heterocycles. The Morgan fingerprint density at radius 2 is 1.83 bits per heavy atom. The third-order valence-corrected chi connectivity index (χ3v) is 10.3. The van der Waals surface area contributed by atoms with Crippen molar-refractivity contribution in [3.8, 4) is 5.75 Å². The summed E-state index contributed by atoms with van der Waals surface area (Å²) in [5.41, 5.74) is -4.57. The number of rotatable bonds is 12. The van der Waals surface area contributed by atoms with Gasteiger partial charge >= 0.3 is 5.51 Å². The summed E-state index contributed by atoms with van der Waals surface area (Å²) in [4.78, 5) is 8.89. The van der Waals surface area contributed by atoms with E-state index < -0.39 is 47.0 Å². The molecular weight excluding hydrogens is 616 g/mol. The molecule has 0 fully saturated rings. The lowest BCUT2D eigenvalue weighted by atomic mass is 10.1. The molecule has 0 aliphatic carbocycles. The van der Waals surface area contributed by atoms with Crippen LogP contribution in [0.4, 0.5) is 19.0 Å². The van der Waals surface area contributed by atoms with Gasteiger partial charge in [0.2, 0.25) is 0 Å².